The number of nitrogens with one attached hydrogen (secondary N) is 1. The third kappa shape index (κ3) is 2.56. The largest absolute Gasteiger partial charge is 0.378 e. The highest BCUT2D eigenvalue weighted by molar-refractivity contribution is 9.10. The molecule has 2 aromatic rings. The quantitative estimate of drug-likeness (QED) is 0.767. The van der Waals surface area contributed by atoms with E-state index in [0.29, 0.717) is 10.5 Å². The van der Waals surface area contributed by atoms with Gasteiger partial charge in [-0.1, -0.05) is 0 Å². The first-order chi connectivity index (χ1) is 9.15. The van der Waals surface area contributed by atoms with Gasteiger partial charge in [-0.2, -0.15) is 0 Å². The monoisotopic (exact) mass is 339 g/mol. The minimum Gasteiger partial charge on any atom is -0.378 e. The van der Waals surface area contributed by atoms with Crippen LogP contribution in [0, 0.1) is 12.7 Å². The van der Waals surface area contributed by atoms with Crippen molar-refractivity contribution in [2.24, 2.45) is 0 Å². The summed E-state index contributed by atoms with van der Waals surface area (Å²) in [6, 6.07) is 5.92. The number of fused-ring (bicyclic) bond motifs is 1. The van der Waals surface area contributed by atoms with E-state index in [-0.39, 0.29) is 5.82 Å². The maximum Gasteiger partial charge on any atom is 0.139 e. The Bertz CT molecular complexity index is 608. The zero-order valence-corrected chi connectivity index (χ0v) is 13.1. The maximum absolute atomic E-state index is 13.7. The van der Waals surface area contributed by atoms with Gasteiger partial charge in [-0.05, 0) is 76.8 Å². The summed E-state index contributed by atoms with van der Waals surface area (Å²) in [7, 11) is 0. The van der Waals surface area contributed by atoms with Gasteiger partial charge in [-0.3, -0.25) is 0 Å². The van der Waals surface area contributed by atoms with Gasteiger partial charge in [0.1, 0.15) is 5.82 Å². The molecule has 0 saturated carbocycles. The predicted molar refractivity (Wildman–Crippen MR) is 82.5 cm³/mol. The summed E-state index contributed by atoms with van der Waals surface area (Å²) in [5, 5.41) is 5.66. The van der Waals surface area contributed by atoms with Crippen molar-refractivity contribution in [3.8, 4) is 0 Å². The summed E-state index contributed by atoms with van der Waals surface area (Å²) in [6.07, 6.45) is 3.49. The molecule has 1 N–H and O–H groups in total. The zero-order valence-electron chi connectivity index (χ0n) is 10.7. The van der Waals surface area contributed by atoms with Crippen LogP contribution in [-0.2, 0) is 6.42 Å². The molecule has 1 aliphatic carbocycles. The number of rotatable bonds is 2. The fourth-order valence-corrected chi connectivity index (χ4v) is 4.07. The highest BCUT2D eigenvalue weighted by atomic mass is 79.9. The molecular weight excluding hydrogens is 325 g/mol. The van der Waals surface area contributed by atoms with E-state index in [0.717, 1.165) is 17.7 Å². The summed E-state index contributed by atoms with van der Waals surface area (Å²) in [4.78, 5) is 1.47. The zero-order chi connectivity index (χ0) is 13.4. The van der Waals surface area contributed by atoms with Gasteiger partial charge in [0.25, 0.3) is 0 Å². The number of hydrogen-bond acceptors (Lipinski definition) is 2. The second-order valence-corrected chi connectivity index (χ2v) is 6.82. The summed E-state index contributed by atoms with van der Waals surface area (Å²) < 4.78 is 14.2. The van der Waals surface area contributed by atoms with Crippen molar-refractivity contribution < 1.29 is 4.39 Å². The topological polar surface area (TPSA) is 12.0 Å². The van der Waals surface area contributed by atoms with Crippen LogP contribution in [0.25, 0.3) is 0 Å². The molecule has 1 aromatic carbocycles. The molecule has 0 radical (unpaired) electrons. The molecule has 0 spiro atoms. The lowest BCUT2D eigenvalue weighted by atomic mass is 9.93. The lowest BCUT2D eigenvalue weighted by Crippen LogP contribution is -2.16. The van der Waals surface area contributed by atoms with Crippen LogP contribution in [0.1, 0.15) is 34.9 Å². The van der Waals surface area contributed by atoms with E-state index in [4.69, 9.17) is 0 Å². The number of aryl methyl sites for hydroxylation is 2. The Morgan fingerprint density at radius 3 is 3.11 bits per heavy atom. The minimum absolute atomic E-state index is 0.213. The third-order valence-corrected chi connectivity index (χ3v) is 5.25. The first-order valence-corrected chi connectivity index (χ1v) is 8.11. The van der Waals surface area contributed by atoms with E-state index in [1.165, 1.54) is 23.3 Å². The number of benzene rings is 1. The highest BCUT2D eigenvalue weighted by Crippen LogP contribution is 2.36. The molecule has 0 aliphatic heterocycles. The van der Waals surface area contributed by atoms with Crippen LogP contribution in [0.2, 0.25) is 0 Å². The molecule has 0 saturated heterocycles. The fourth-order valence-electron chi connectivity index (χ4n) is 2.63. The molecule has 0 bridgehead atoms. The Balaban J connectivity index is 1.89. The Morgan fingerprint density at radius 1 is 1.42 bits per heavy atom. The molecule has 100 valence electrons. The van der Waals surface area contributed by atoms with Crippen LogP contribution in [0.5, 0.6) is 0 Å². The summed E-state index contributed by atoms with van der Waals surface area (Å²) in [6.45, 7) is 2.00. The van der Waals surface area contributed by atoms with E-state index in [1.54, 1.807) is 6.07 Å². The van der Waals surface area contributed by atoms with Crippen molar-refractivity contribution >= 4 is 33.0 Å². The second-order valence-electron chi connectivity index (χ2n) is 4.97. The van der Waals surface area contributed by atoms with Gasteiger partial charge in [0.2, 0.25) is 0 Å². The molecule has 1 aromatic heterocycles. The lowest BCUT2D eigenvalue weighted by Gasteiger charge is -2.25. The molecule has 1 heterocycles. The van der Waals surface area contributed by atoms with Crippen molar-refractivity contribution in [1.29, 1.82) is 0 Å². The summed E-state index contributed by atoms with van der Waals surface area (Å²) >= 11 is 5.05. The molecule has 4 heteroatoms. The van der Waals surface area contributed by atoms with Gasteiger partial charge < -0.3 is 5.32 Å². The molecule has 0 amide bonds. The molecule has 3 rings (SSSR count). The SMILES string of the molecule is Cc1cc(Br)c(F)cc1NC1CCCc2sccc21. The Morgan fingerprint density at radius 2 is 2.26 bits per heavy atom. The number of thiophene rings is 1. The van der Waals surface area contributed by atoms with Crippen LogP contribution in [-0.4, -0.2) is 0 Å². The number of halogens is 2. The normalized spacial score (nSPS) is 18.2. The molecule has 1 atom stereocenters. The van der Waals surface area contributed by atoms with E-state index < -0.39 is 0 Å². The predicted octanol–water partition coefficient (Wildman–Crippen LogP) is 5.45. The van der Waals surface area contributed by atoms with Crippen molar-refractivity contribution in [3.63, 3.8) is 0 Å². The lowest BCUT2D eigenvalue weighted by molar-refractivity contribution is 0.603. The molecule has 19 heavy (non-hydrogen) atoms. The van der Waals surface area contributed by atoms with Crippen LogP contribution < -0.4 is 5.32 Å². The number of hydrogen-bond donors (Lipinski definition) is 1. The highest BCUT2D eigenvalue weighted by Gasteiger charge is 2.21. The Kier molecular flexibility index (Phi) is 3.63. The molecule has 0 fully saturated rings. The first-order valence-electron chi connectivity index (χ1n) is 6.43. The van der Waals surface area contributed by atoms with Gasteiger partial charge >= 0.3 is 0 Å². The van der Waals surface area contributed by atoms with E-state index in [2.05, 4.69) is 32.7 Å². The Hall–Kier alpha value is -0.870. The van der Waals surface area contributed by atoms with Crippen molar-refractivity contribution in [2.75, 3.05) is 5.32 Å². The minimum atomic E-state index is -0.213. The standard InChI is InChI=1S/C15H15BrFNS/c1-9-7-11(16)12(17)8-14(9)18-13-3-2-4-15-10(13)5-6-19-15/h5-8,13,18H,2-4H2,1H3. The average molecular weight is 340 g/mol. The van der Waals surface area contributed by atoms with Crippen molar-refractivity contribution in [2.45, 2.75) is 32.2 Å². The van der Waals surface area contributed by atoms with Crippen molar-refractivity contribution in [3.05, 3.63) is 49.9 Å². The van der Waals surface area contributed by atoms with Crippen LogP contribution in [0.3, 0.4) is 0 Å². The number of anilines is 1. The molecule has 1 aliphatic rings. The van der Waals surface area contributed by atoms with Crippen LogP contribution in [0.15, 0.2) is 28.1 Å². The van der Waals surface area contributed by atoms with Gasteiger partial charge in [-0.25, -0.2) is 4.39 Å². The second kappa shape index (κ2) is 5.25. The van der Waals surface area contributed by atoms with Gasteiger partial charge in [0, 0.05) is 10.6 Å². The Labute approximate surface area is 125 Å². The smallest absolute Gasteiger partial charge is 0.139 e. The summed E-state index contributed by atoms with van der Waals surface area (Å²) in [5.41, 5.74) is 3.35. The van der Waals surface area contributed by atoms with Crippen molar-refractivity contribution in [1.82, 2.24) is 0 Å². The van der Waals surface area contributed by atoms with Crippen LogP contribution >= 0.6 is 27.3 Å². The van der Waals surface area contributed by atoms with Crippen LogP contribution in [0.4, 0.5) is 10.1 Å². The van der Waals surface area contributed by atoms with E-state index in [9.17, 15) is 4.39 Å². The maximum atomic E-state index is 13.7. The third-order valence-electron chi connectivity index (χ3n) is 3.65. The summed E-state index contributed by atoms with van der Waals surface area (Å²) in [5.74, 6) is -0.213. The molecule has 1 unspecified atom stereocenters. The molecule has 1 nitrogen and oxygen atoms in total. The van der Waals surface area contributed by atoms with Gasteiger partial charge in [0.05, 0.1) is 10.5 Å². The van der Waals surface area contributed by atoms with Gasteiger partial charge in [0.15, 0.2) is 0 Å². The van der Waals surface area contributed by atoms with Gasteiger partial charge in [-0.15, -0.1) is 11.3 Å². The first kappa shape index (κ1) is 13.1. The molecular formula is C15H15BrFNS. The van der Waals surface area contributed by atoms with E-state index in [1.807, 2.05) is 24.3 Å². The van der Waals surface area contributed by atoms with E-state index >= 15 is 0 Å². The fraction of sp³-hybridized carbons (Fsp3) is 0.333. The average Bonchev–Trinajstić information content (AvgIpc) is 2.85.